The van der Waals surface area contributed by atoms with Gasteiger partial charge in [0.25, 0.3) is 0 Å². The number of Topliss-reactive ketones (excluding diaryl/α,β-unsaturated/α-hetero) is 1. The molecule has 0 aliphatic carbocycles. The van der Waals surface area contributed by atoms with E-state index in [9.17, 15) is 4.79 Å². The summed E-state index contributed by atoms with van der Waals surface area (Å²) in [6.07, 6.45) is 1.87. The minimum absolute atomic E-state index is 0.00812. The zero-order chi connectivity index (χ0) is 11.5. The van der Waals surface area contributed by atoms with Crippen LogP contribution in [0.1, 0.15) is 23.2 Å². The highest BCUT2D eigenvalue weighted by Gasteiger charge is 2.24. The lowest BCUT2D eigenvalue weighted by Gasteiger charge is -2.21. The van der Waals surface area contributed by atoms with Gasteiger partial charge in [0.05, 0.1) is 6.61 Å². The zero-order valence-electron chi connectivity index (χ0n) is 8.71. The van der Waals surface area contributed by atoms with Crippen LogP contribution in [0.3, 0.4) is 0 Å². The zero-order valence-corrected chi connectivity index (χ0v) is 11.1. The van der Waals surface area contributed by atoms with Crippen LogP contribution in [-0.4, -0.2) is 19.0 Å². The number of hydrogen-bond acceptors (Lipinski definition) is 2. The van der Waals surface area contributed by atoms with E-state index in [0.29, 0.717) is 17.2 Å². The van der Waals surface area contributed by atoms with E-state index in [4.69, 9.17) is 16.3 Å². The summed E-state index contributed by atoms with van der Waals surface area (Å²) in [4.78, 5) is 12.2. The molecule has 4 heteroatoms. The molecule has 2 nitrogen and oxygen atoms in total. The van der Waals surface area contributed by atoms with Gasteiger partial charge in [0, 0.05) is 27.6 Å². The van der Waals surface area contributed by atoms with E-state index < -0.39 is 0 Å². The van der Waals surface area contributed by atoms with Gasteiger partial charge in [-0.2, -0.15) is 0 Å². The smallest absolute Gasteiger partial charge is 0.169 e. The topological polar surface area (TPSA) is 26.3 Å². The predicted molar refractivity (Wildman–Crippen MR) is 67.0 cm³/mol. The molecule has 0 bridgehead atoms. The summed E-state index contributed by atoms with van der Waals surface area (Å²) in [7, 11) is 0. The summed E-state index contributed by atoms with van der Waals surface area (Å²) in [6, 6.07) is 5.26. The van der Waals surface area contributed by atoms with E-state index in [1.165, 1.54) is 0 Å². The maximum atomic E-state index is 12.2. The Morgan fingerprint density at radius 2 is 2.31 bits per heavy atom. The van der Waals surface area contributed by atoms with Gasteiger partial charge in [-0.3, -0.25) is 4.79 Å². The molecule has 0 saturated carbocycles. The average Bonchev–Trinajstić information content (AvgIpc) is 2.29. The number of rotatable bonds is 2. The third-order valence-corrected chi connectivity index (χ3v) is 3.62. The Morgan fingerprint density at radius 3 is 2.94 bits per heavy atom. The van der Waals surface area contributed by atoms with Crippen LogP contribution in [-0.2, 0) is 4.74 Å². The molecule has 1 saturated heterocycles. The van der Waals surface area contributed by atoms with Crippen molar-refractivity contribution in [2.45, 2.75) is 12.8 Å². The van der Waals surface area contributed by atoms with Crippen molar-refractivity contribution >= 4 is 33.3 Å². The number of halogens is 2. The van der Waals surface area contributed by atoms with Crippen LogP contribution < -0.4 is 0 Å². The van der Waals surface area contributed by atoms with Crippen LogP contribution in [0.5, 0.6) is 0 Å². The largest absolute Gasteiger partial charge is 0.381 e. The molecular weight excluding hydrogens is 291 g/mol. The fourth-order valence-corrected chi connectivity index (χ4v) is 2.73. The number of carbonyl (C=O) groups is 1. The molecule has 1 fully saturated rings. The van der Waals surface area contributed by atoms with Crippen molar-refractivity contribution in [3.05, 3.63) is 33.3 Å². The third-order valence-electron chi connectivity index (χ3n) is 2.73. The molecule has 1 heterocycles. The molecule has 0 N–H and O–H groups in total. The Kier molecular flexibility index (Phi) is 4.00. The van der Waals surface area contributed by atoms with Gasteiger partial charge in [-0.05, 0) is 47.0 Å². The average molecular weight is 304 g/mol. The lowest BCUT2D eigenvalue weighted by atomic mass is 9.93. The Bertz CT molecular complexity index is 400. The standard InChI is InChI=1S/C12H12BrClO2/c13-11-6-9(14)3-4-10(11)12(15)8-2-1-5-16-7-8/h3-4,6,8H,1-2,5,7H2. The first-order valence-electron chi connectivity index (χ1n) is 5.25. The van der Waals surface area contributed by atoms with Crippen molar-refractivity contribution in [2.24, 2.45) is 5.92 Å². The number of benzene rings is 1. The van der Waals surface area contributed by atoms with Gasteiger partial charge in [-0.25, -0.2) is 0 Å². The second-order valence-electron chi connectivity index (χ2n) is 3.90. The van der Waals surface area contributed by atoms with E-state index >= 15 is 0 Å². The van der Waals surface area contributed by atoms with E-state index in [1.54, 1.807) is 18.2 Å². The van der Waals surface area contributed by atoms with Gasteiger partial charge in [-0.1, -0.05) is 11.6 Å². The van der Waals surface area contributed by atoms with Gasteiger partial charge < -0.3 is 4.74 Å². The molecule has 0 radical (unpaired) electrons. The lowest BCUT2D eigenvalue weighted by Crippen LogP contribution is -2.25. The maximum Gasteiger partial charge on any atom is 0.169 e. The van der Waals surface area contributed by atoms with Crippen molar-refractivity contribution < 1.29 is 9.53 Å². The van der Waals surface area contributed by atoms with Gasteiger partial charge in [0.1, 0.15) is 0 Å². The Morgan fingerprint density at radius 1 is 1.50 bits per heavy atom. The fourth-order valence-electron chi connectivity index (χ4n) is 1.86. The molecule has 0 amide bonds. The number of carbonyl (C=O) groups excluding carboxylic acids is 1. The number of hydrogen-bond donors (Lipinski definition) is 0. The summed E-state index contributed by atoms with van der Waals surface area (Å²) in [5.41, 5.74) is 0.694. The van der Waals surface area contributed by atoms with Crippen LogP contribution in [0.25, 0.3) is 0 Å². The molecule has 1 aromatic carbocycles. The van der Waals surface area contributed by atoms with Crippen molar-refractivity contribution in [3.8, 4) is 0 Å². The molecule has 0 spiro atoms. The van der Waals surface area contributed by atoms with Crippen LogP contribution in [0.4, 0.5) is 0 Å². The van der Waals surface area contributed by atoms with Crippen LogP contribution in [0, 0.1) is 5.92 Å². The van der Waals surface area contributed by atoms with E-state index in [-0.39, 0.29) is 11.7 Å². The Labute approximate surface area is 108 Å². The van der Waals surface area contributed by atoms with Crippen molar-refractivity contribution in [1.29, 1.82) is 0 Å². The second kappa shape index (κ2) is 5.30. The van der Waals surface area contributed by atoms with Gasteiger partial charge in [-0.15, -0.1) is 0 Å². The summed E-state index contributed by atoms with van der Waals surface area (Å²) < 4.78 is 6.09. The monoisotopic (exact) mass is 302 g/mol. The first-order chi connectivity index (χ1) is 7.68. The van der Waals surface area contributed by atoms with E-state index in [2.05, 4.69) is 15.9 Å². The maximum absolute atomic E-state index is 12.2. The SMILES string of the molecule is O=C(c1ccc(Cl)cc1Br)C1CCCOC1. The van der Waals surface area contributed by atoms with Gasteiger partial charge in [0.2, 0.25) is 0 Å². The summed E-state index contributed by atoms with van der Waals surface area (Å²) in [6.45, 7) is 1.31. The minimum Gasteiger partial charge on any atom is -0.381 e. The molecule has 1 atom stereocenters. The van der Waals surface area contributed by atoms with Crippen LogP contribution in [0.2, 0.25) is 5.02 Å². The quantitative estimate of drug-likeness (QED) is 0.779. The van der Waals surface area contributed by atoms with Gasteiger partial charge >= 0.3 is 0 Å². The molecule has 1 aromatic rings. The molecule has 1 aliphatic heterocycles. The highest BCUT2D eigenvalue weighted by molar-refractivity contribution is 9.10. The Balaban J connectivity index is 2.19. The highest BCUT2D eigenvalue weighted by Crippen LogP contribution is 2.26. The fraction of sp³-hybridized carbons (Fsp3) is 0.417. The van der Waals surface area contributed by atoms with Crippen molar-refractivity contribution in [1.82, 2.24) is 0 Å². The molecule has 0 aromatic heterocycles. The minimum atomic E-state index is -0.00812. The van der Waals surface area contributed by atoms with Gasteiger partial charge in [0.15, 0.2) is 5.78 Å². The highest BCUT2D eigenvalue weighted by atomic mass is 79.9. The van der Waals surface area contributed by atoms with Crippen LogP contribution >= 0.6 is 27.5 Å². The first kappa shape index (κ1) is 12.1. The second-order valence-corrected chi connectivity index (χ2v) is 5.19. The molecule has 86 valence electrons. The molecule has 1 unspecified atom stereocenters. The molecule has 1 aliphatic rings. The predicted octanol–water partition coefficient (Wildman–Crippen LogP) is 3.71. The molecule has 16 heavy (non-hydrogen) atoms. The lowest BCUT2D eigenvalue weighted by molar-refractivity contribution is 0.0461. The van der Waals surface area contributed by atoms with E-state index in [1.807, 2.05) is 0 Å². The summed E-state index contributed by atoms with van der Waals surface area (Å²) in [5.74, 6) is 0.134. The Hall–Kier alpha value is -0.380. The van der Waals surface area contributed by atoms with Crippen molar-refractivity contribution in [3.63, 3.8) is 0 Å². The summed E-state index contributed by atoms with van der Waals surface area (Å²) >= 11 is 9.21. The molecule has 2 rings (SSSR count). The first-order valence-corrected chi connectivity index (χ1v) is 6.42. The number of ether oxygens (including phenoxy) is 1. The van der Waals surface area contributed by atoms with Crippen LogP contribution in [0.15, 0.2) is 22.7 Å². The number of ketones is 1. The molecular formula is C12H12BrClO2. The normalized spacial score (nSPS) is 20.8. The van der Waals surface area contributed by atoms with Crippen molar-refractivity contribution in [2.75, 3.05) is 13.2 Å². The third kappa shape index (κ3) is 2.65. The summed E-state index contributed by atoms with van der Waals surface area (Å²) in [5, 5.41) is 0.628. The van der Waals surface area contributed by atoms with E-state index in [0.717, 1.165) is 23.9 Å².